The van der Waals surface area contributed by atoms with Crippen LogP contribution in [0.15, 0.2) is 109 Å². The van der Waals surface area contributed by atoms with Crippen LogP contribution in [-0.4, -0.2) is 15.3 Å². The summed E-state index contributed by atoms with van der Waals surface area (Å²) in [7, 11) is 0. The third kappa shape index (κ3) is 5.35. The monoisotopic (exact) mass is 514 g/mol. The SMILES string of the molecule is Oc1ccc(C2=CC(C(c3ccc(C4CCCCC4)cc3)c3cc(-c4ccc(O)cc4)ccc3O)C=C2)cc1. The lowest BCUT2D eigenvalue weighted by molar-refractivity contribution is 0.443. The van der Waals surface area contributed by atoms with Crippen molar-refractivity contribution in [1.29, 1.82) is 0 Å². The molecule has 4 aromatic carbocycles. The lowest BCUT2D eigenvalue weighted by atomic mass is 9.78. The topological polar surface area (TPSA) is 60.7 Å². The van der Waals surface area contributed by atoms with Gasteiger partial charge in [0.15, 0.2) is 0 Å². The van der Waals surface area contributed by atoms with Gasteiger partial charge in [0.25, 0.3) is 0 Å². The second kappa shape index (κ2) is 10.9. The second-order valence-corrected chi connectivity index (χ2v) is 10.9. The summed E-state index contributed by atoms with van der Waals surface area (Å²) in [4.78, 5) is 0. The maximum absolute atomic E-state index is 11.2. The van der Waals surface area contributed by atoms with E-state index in [1.54, 1.807) is 30.3 Å². The molecule has 0 spiro atoms. The molecule has 196 valence electrons. The summed E-state index contributed by atoms with van der Waals surface area (Å²) in [6.45, 7) is 0. The number of rotatable bonds is 6. The maximum Gasteiger partial charge on any atom is 0.119 e. The van der Waals surface area contributed by atoms with E-state index in [1.807, 2.05) is 30.3 Å². The average Bonchev–Trinajstić information content (AvgIpc) is 3.46. The fourth-order valence-electron chi connectivity index (χ4n) is 6.24. The zero-order chi connectivity index (χ0) is 26.8. The van der Waals surface area contributed by atoms with E-state index < -0.39 is 0 Å². The molecule has 0 bridgehead atoms. The summed E-state index contributed by atoms with van der Waals surface area (Å²) in [5.74, 6) is 1.38. The Morgan fingerprint density at radius 3 is 1.90 bits per heavy atom. The van der Waals surface area contributed by atoms with Crippen molar-refractivity contribution in [3.8, 4) is 28.4 Å². The van der Waals surface area contributed by atoms with Gasteiger partial charge in [0.1, 0.15) is 17.2 Å². The number of phenolic OH excluding ortho intramolecular Hbond substituents is 3. The molecule has 0 saturated heterocycles. The fourth-order valence-corrected chi connectivity index (χ4v) is 6.24. The van der Waals surface area contributed by atoms with E-state index in [0.29, 0.717) is 5.92 Å². The second-order valence-electron chi connectivity index (χ2n) is 10.9. The van der Waals surface area contributed by atoms with Gasteiger partial charge in [-0.2, -0.15) is 0 Å². The molecule has 0 radical (unpaired) electrons. The minimum atomic E-state index is -0.0756. The molecule has 1 fully saturated rings. The van der Waals surface area contributed by atoms with E-state index >= 15 is 0 Å². The smallest absolute Gasteiger partial charge is 0.119 e. The first-order valence-electron chi connectivity index (χ1n) is 14.0. The molecule has 6 rings (SSSR count). The Morgan fingerprint density at radius 2 is 1.23 bits per heavy atom. The van der Waals surface area contributed by atoms with Crippen LogP contribution >= 0.6 is 0 Å². The van der Waals surface area contributed by atoms with E-state index in [-0.39, 0.29) is 29.1 Å². The summed E-state index contributed by atoms with van der Waals surface area (Å²) in [5, 5.41) is 30.7. The van der Waals surface area contributed by atoms with Gasteiger partial charge in [-0.1, -0.05) is 92.1 Å². The van der Waals surface area contributed by atoms with Gasteiger partial charge in [-0.05, 0) is 88.5 Å². The van der Waals surface area contributed by atoms with Crippen molar-refractivity contribution in [1.82, 2.24) is 0 Å². The fraction of sp³-hybridized carbons (Fsp3) is 0.222. The van der Waals surface area contributed by atoms with Crippen molar-refractivity contribution in [3.05, 3.63) is 131 Å². The Morgan fingerprint density at radius 1 is 0.615 bits per heavy atom. The van der Waals surface area contributed by atoms with Crippen LogP contribution in [0.4, 0.5) is 0 Å². The van der Waals surface area contributed by atoms with Crippen molar-refractivity contribution in [3.63, 3.8) is 0 Å². The Balaban J connectivity index is 1.41. The minimum Gasteiger partial charge on any atom is -0.508 e. The molecule has 3 N–H and O–H groups in total. The maximum atomic E-state index is 11.2. The van der Waals surface area contributed by atoms with Crippen molar-refractivity contribution in [2.45, 2.75) is 43.9 Å². The Labute approximate surface area is 230 Å². The van der Waals surface area contributed by atoms with Crippen LogP contribution in [0, 0.1) is 5.92 Å². The number of benzene rings is 4. The third-order valence-corrected chi connectivity index (χ3v) is 8.39. The molecular formula is C36H34O3. The van der Waals surface area contributed by atoms with E-state index in [9.17, 15) is 15.3 Å². The summed E-state index contributed by atoms with van der Waals surface area (Å²) in [6, 6.07) is 29.4. The molecule has 3 heteroatoms. The Bertz CT molecular complexity index is 1490. The quantitative estimate of drug-likeness (QED) is 0.241. The van der Waals surface area contributed by atoms with Crippen molar-refractivity contribution in [2.24, 2.45) is 5.92 Å². The Hall–Kier alpha value is -4.24. The molecule has 2 atom stereocenters. The molecule has 39 heavy (non-hydrogen) atoms. The highest BCUT2D eigenvalue weighted by Gasteiger charge is 2.28. The van der Waals surface area contributed by atoms with Crippen LogP contribution in [0.25, 0.3) is 16.7 Å². The zero-order valence-corrected chi connectivity index (χ0v) is 22.0. The van der Waals surface area contributed by atoms with Gasteiger partial charge < -0.3 is 15.3 Å². The Kier molecular flexibility index (Phi) is 6.98. The largest absolute Gasteiger partial charge is 0.508 e. The van der Waals surface area contributed by atoms with Crippen LogP contribution in [0.1, 0.15) is 66.2 Å². The predicted molar refractivity (Wildman–Crippen MR) is 158 cm³/mol. The van der Waals surface area contributed by atoms with Crippen molar-refractivity contribution < 1.29 is 15.3 Å². The third-order valence-electron chi connectivity index (χ3n) is 8.39. The summed E-state index contributed by atoms with van der Waals surface area (Å²) < 4.78 is 0. The van der Waals surface area contributed by atoms with Crippen molar-refractivity contribution >= 4 is 5.57 Å². The van der Waals surface area contributed by atoms with Crippen LogP contribution in [0.3, 0.4) is 0 Å². The van der Waals surface area contributed by atoms with E-state index in [1.165, 1.54) is 43.2 Å². The summed E-state index contributed by atoms with van der Waals surface area (Å²) in [6.07, 6.45) is 13.1. The normalized spacial score (nSPS) is 18.2. The van der Waals surface area contributed by atoms with Crippen LogP contribution in [0.5, 0.6) is 17.2 Å². The molecular weight excluding hydrogens is 480 g/mol. The minimum absolute atomic E-state index is 0.0512. The van der Waals surface area contributed by atoms with Gasteiger partial charge in [-0.25, -0.2) is 0 Å². The van der Waals surface area contributed by atoms with Gasteiger partial charge in [0, 0.05) is 17.4 Å². The van der Waals surface area contributed by atoms with Gasteiger partial charge in [0.05, 0.1) is 0 Å². The lowest BCUT2D eigenvalue weighted by Gasteiger charge is -2.26. The molecule has 0 amide bonds. The molecule has 1 saturated carbocycles. The molecule has 2 unspecified atom stereocenters. The highest BCUT2D eigenvalue weighted by molar-refractivity contribution is 5.78. The highest BCUT2D eigenvalue weighted by Crippen LogP contribution is 2.44. The molecule has 3 nitrogen and oxygen atoms in total. The number of aromatic hydroxyl groups is 3. The summed E-state index contributed by atoms with van der Waals surface area (Å²) in [5.41, 5.74) is 7.62. The highest BCUT2D eigenvalue weighted by atomic mass is 16.3. The van der Waals surface area contributed by atoms with E-state index in [4.69, 9.17) is 0 Å². The first-order chi connectivity index (χ1) is 19.0. The van der Waals surface area contributed by atoms with E-state index in [0.717, 1.165) is 27.8 Å². The van der Waals surface area contributed by atoms with Crippen LogP contribution in [-0.2, 0) is 0 Å². The molecule has 4 aromatic rings. The van der Waals surface area contributed by atoms with Gasteiger partial charge in [-0.3, -0.25) is 0 Å². The molecule has 2 aliphatic carbocycles. The zero-order valence-electron chi connectivity index (χ0n) is 22.0. The number of hydrogen-bond donors (Lipinski definition) is 3. The number of hydrogen-bond acceptors (Lipinski definition) is 3. The van der Waals surface area contributed by atoms with Crippen molar-refractivity contribution in [2.75, 3.05) is 0 Å². The van der Waals surface area contributed by atoms with Crippen LogP contribution < -0.4 is 0 Å². The molecule has 0 aliphatic heterocycles. The number of allylic oxidation sites excluding steroid dienone is 4. The molecule has 0 aromatic heterocycles. The van der Waals surface area contributed by atoms with Gasteiger partial charge in [-0.15, -0.1) is 0 Å². The lowest BCUT2D eigenvalue weighted by Crippen LogP contribution is -2.11. The molecule has 2 aliphatic rings. The number of phenols is 3. The van der Waals surface area contributed by atoms with Gasteiger partial charge >= 0.3 is 0 Å². The molecule has 0 heterocycles. The summed E-state index contributed by atoms with van der Waals surface area (Å²) >= 11 is 0. The first-order valence-corrected chi connectivity index (χ1v) is 14.0. The predicted octanol–water partition coefficient (Wildman–Crippen LogP) is 8.92. The first kappa shape index (κ1) is 25.1. The average molecular weight is 515 g/mol. The van der Waals surface area contributed by atoms with Crippen LogP contribution in [0.2, 0.25) is 0 Å². The standard InChI is InChI=1S/C36H34O3/c37-32-17-12-26(13-18-32)29-10-11-31(22-29)36(28-8-6-25(7-9-28)24-4-2-1-3-5-24)34-23-30(16-21-35(34)39)27-14-19-33(38)20-15-27/h6-24,31,36-39H,1-5H2. The van der Waals surface area contributed by atoms with E-state index in [2.05, 4.69) is 48.6 Å². The van der Waals surface area contributed by atoms with Gasteiger partial charge in [0.2, 0.25) is 0 Å².